The maximum absolute atomic E-state index is 11.7. The smallest absolute Gasteiger partial charge is 0.467 e. The van der Waals surface area contributed by atoms with Crippen molar-refractivity contribution in [1.82, 2.24) is 5.32 Å². The highest BCUT2D eigenvalue weighted by Crippen LogP contribution is 2.41. The zero-order valence-corrected chi connectivity index (χ0v) is 13.5. The van der Waals surface area contributed by atoms with Crippen LogP contribution in [0.2, 0.25) is 0 Å². The van der Waals surface area contributed by atoms with Crippen molar-refractivity contribution in [3.63, 3.8) is 0 Å². The molecule has 23 heavy (non-hydrogen) atoms. The highest BCUT2D eigenvalue weighted by molar-refractivity contribution is 7.47. The molecule has 2 N–H and O–H groups in total. The molecule has 0 aliphatic heterocycles. The molecule has 0 aliphatic carbocycles. The molecule has 1 aromatic carbocycles. The lowest BCUT2D eigenvalue weighted by molar-refractivity contribution is -0.143. The Hall–Kier alpha value is -1.93. The van der Waals surface area contributed by atoms with Gasteiger partial charge in [-0.05, 0) is 5.56 Å². The van der Waals surface area contributed by atoms with Crippen molar-refractivity contribution in [2.45, 2.75) is 12.6 Å². The van der Waals surface area contributed by atoms with Gasteiger partial charge in [0.15, 0.2) is 6.04 Å². The molecule has 0 spiro atoms. The van der Waals surface area contributed by atoms with Gasteiger partial charge in [0.25, 0.3) is 0 Å². The van der Waals surface area contributed by atoms with Gasteiger partial charge >= 0.3 is 19.9 Å². The third-order valence-corrected chi connectivity index (χ3v) is 3.56. The Bertz CT molecular complexity index is 564. The summed E-state index contributed by atoms with van der Waals surface area (Å²) in [6.07, 6.45) is -0.905. The van der Waals surface area contributed by atoms with E-state index in [0.29, 0.717) is 0 Å². The number of benzene rings is 1. The number of esters is 1. The van der Waals surface area contributed by atoms with Crippen LogP contribution in [-0.4, -0.2) is 43.8 Å². The quantitative estimate of drug-likeness (QED) is 0.532. The van der Waals surface area contributed by atoms with Gasteiger partial charge in [-0.25, -0.2) is 14.2 Å². The molecule has 0 aromatic heterocycles. The van der Waals surface area contributed by atoms with E-state index >= 15 is 0 Å². The molecule has 0 aliphatic rings. The summed E-state index contributed by atoms with van der Waals surface area (Å²) in [6, 6.07) is 7.58. The monoisotopic (exact) mass is 347 g/mol. The summed E-state index contributed by atoms with van der Waals surface area (Å²) in [6.45, 7) is -0.618. The number of ether oxygens (including phenoxy) is 2. The molecule has 1 aromatic rings. The third kappa shape index (κ3) is 7.25. The summed E-state index contributed by atoms with van der Waals surface area (Å²) in [5, 5.41) is 2.19. The molecule has 128 valence electrons. The number of alkyl carbamates (subject to hydrolysis) is 1. The molecule has 0 heterocycles. The van der Waals surface area contributed by atoms with Gasteiger partial charge in [-0.15, -0.1) is 0 Å². The van der Waals surface area contributed by atoms with Crippen molar-refractivity contribution in [1.29, 1.82) is 0 Å². The van der Waals surface area contributed by atoms with E-state index in [9.17, 15) is 14.2 Å². The molecule has 0 saturated carbocycles. The standard InChI is InChI=1S/C13H18NO8P/c1-19-12(15)11(9-22-23(17,18)20-2)14-13(16)21-8-10-6-4-3-5-7-10/h3-7,11H,8-9H2,1-2H3,(H,14,16)(H,17,18)/t11-/m0/s1. The SMILES string of the molecule is COC(=O)[C@H](COP(=O)(O)OC)NC(=O)OCc1ccccc1. The van der Waals surface area contributed by atoms with Gasteiger partial charge in [-0.3, -0.25) is 9.05 Å². The normalized spacial score (nSPS) is 14.4. The molecule has 0 saturated heterocycles. The fourth-order valence-corrected chi connectivity index (χ4v) is 1.88. The lowest BCUT2D eigenvalue weighted by Crippen LogP contribution is -2.44. The molecule has 0 radical (unpaired) electrons. The van der Waals surface area contributed by atoms with Crippen LogP contribution in [-0.2, 0) is 34.5 Å². The predicted molar refractivity (Wildman–Crippen MR) is 78.4 cm³/mol. The van der Waals surface area contributed by atoms with Crippen LogP contribution in [0.25, 0.3) is 0 Å². The molecule has 1 amide bonds. The maximum atomic E-state index is 11.7. The van der Waals surface area contributed by atoms with E-state index in [4.69, 9.17) is 9.63 Å². The third-order valence-electron chi connectivity index (χ3n) is 2.63. The van der Waals surface area contributed by atoms with Gasteiger partial charge in [0.2, 0.25) is 0 Å². The van der Waals surface area contributed by atoms with Gasteiger partial charge in [0.05, 0.1) is 13.7 Å². The maximum Gasteiger partial charge on any atom is 0.471 e. The van der Waals surface area contributed by atoms with Gasteiger partial charge in [0.1, 0.15) is 6.61 Å². The van der Waals surface area contributed by atoms with Crippen LogP contribution >= 0.6 is 7.82 Å². The first kappa shape index (κ1) is 19.1. The molecule has 10 heteroatoms. The Morgan fingerprint density at radius 3 is 2.48 bits per heavy atom. The van der Waals surface area contributed by atoms with E-state index in [2.05, 4.69) is 19.1 Å². The summed E-state index contributed by atoms with van der Waals surface area (Å²) >= 11 is 0. The zero-order valence-electron chi connectivity index (χ0n) is 12.6. The second-order valence-corrected chi connectivity index (χ2v) is 5.79. The van der Waals surface area contributed by atoms with Crippen LogP contribution in [0.1, 0.15) is 5.56 Å². The number of amides is 1. The summed E-state index contributed by atoms with van der Waals surface area (Å²) in [7, 11) is -2.22. The van der Waals surface area contributed by atoms with Crippen molar-refractivity contribution in [2.24, 2.45) is 0 Å². The van der Waals surface area contributed by atoms with Gasteiger partial charge in [0, 0.05) is 7.11 Å². The van der Waals surface area contributed by atoms with E-state index in [0.717, 1.165) is 19.8 Å². The van der Waals surface area contributed by atoms with Gasteiger partial charge in [-0.2, -0.15) is 0 Å². The molecule has 1 unspecified atom stereocenters. The first-order valence-corrected chi connectivity index (χ1v) is 7.95. The van der Waals surface area contributed by atoms with E-state index in [1.807, 2.05) is 6.07 Å². The van der Waals surface area contributed by atoms with Gasteiger partial charge < -0.3 is 19.7 Å². The van der Waals surface area contributed by atoms with E-state index in [-0.39, 0.29) is 6.61 Å². The van der Waals surface area contributed by atoms with Crippen LogP contribution < -0.4 is 5.32 Å². The largest absolute Gasteiger partial charge is 0.471 e. The molecule has 1 rings (SSSR count). The fraction of sp³-hybridized carbons (Fsp3) is 0.385. The molecule has 2 atom stereocenters. The Morgan fingerprint density at radius 1 is 1.26 bits per heavy atom. The predicted octanol–water partition coefficient (Wildman–Crippen LogP) is 1.22. The second kappa shape index (κ2) is 9.26. The number of nitrogens with one attached hydrogen (secondary N) is 1. The lowest BCUT2D eigenvalue weighted by atomic mass is 10.2. The first-order valence-electron chi connectivity index (χ1n) is 6.46. The Kier molecular flexibility index (Phi) is 7.70. The number of hydrogen-bond donors (Lipinski definition) is 2. The number of methoxy groups -OCH3 is 1. The van der Waals surface area contributed by atoms with E-state index in [1.54, 1.807) is 24.3 Å². The Labute approximate surface area is 133 Å². The van der Waals surface area contributed by atoms with Crippen molar-refractivity contribution in [3.05, 3.63) is 35.9 Å². The van der Waals surface area contributed by atoms with Crippen molar-refractivity contribution in [2.75, 3.05) is 20.8 Å². The van der Waals surface area contributed by atoms with Crippen LogP contribution in [0.4, 0.5) is 4.79 Å². The van der Waals surface area contributed by atoms with Crippen LogP contribution in [0, 0.1) is 0 Å². The first-order chi connectivity index (χ1) is 10.9. The molecular formula is C13H18NO8P. The van der Waals surface area contributed by atoms with E-state index in [1.165, 1.54) is 0 Å². The number of phosphoric acid groups is 1. The Balaban J connectivity index is 2.53. The minimum Gasteiger partial charge on any atom is -0.467 e. The summed E-state index contributed by atoms with van der Waals surface area (Å²) < 4.78 is 29.4. The topological polar surface area (TPSA) is 120 Å². The highest BCUT2D eigenvalue weighted by Gasteiger charge is 2.27. The van der Waals surface area contributed by atoms with Crippen molar-refractivity contribution < 1.29 is 37.6 Å². The molecular weight excluding hydrogens is 329 g/mol. The number of rotatable bonds is 8. The van der Waals surface area contributed by atoms with Crippen LogP contribution in [0.5, 0.6) is 0 Å². The zero-order chi connectivity index (χ0) is 17.3. The Morgan fingerprint density at radius 2 is 1.91 bits per heavy atom. The molecule has 0 bridgehead atoms. The molecule has 9 nitrogen and oxygen atoms in total. The fourth-order valence-electron chi connectivity index (χ4n) is 1.44. The van der Waals surface area contributed by atoms with Crippen LogP contribution in [0.3, 0.4) is 0 Å². The number of carbonyl (C=O) groups excluding carboxylic acids is 2. The van der Waals surface area contributed by atoms with Crippen molar-refractivity contribution >= 4 is 19.9 Å². The summed E-state index contributed by atoms with van der Waals surface area (Å²) in [5.41, 5.74) is 0.757. The molecule has 0 fully saturated rings. The lowest BCUT2D eigenvalue weighted by Gasteiger charge is -2.17. The second-order valence-electron chi connectivity index (χ2n) is 4.23. The summed E-state index contributed by atoms with van der Waals surface area (Å²) in [4.78, 5) is 32.4. The number of phosphoric ester groups is 1. The average Bonchev–Trinajstić information content (AvgIpc) is 2.57. The van der Waals surface area contributed by atoms with E-state index < -0.39 is 32.5 Å². The van der Waals surface area contributed by atoms with Crippen LogP contribution in [0.15, 0.2) is 30.3 Å². The minimum atomic E-state index is -4.28. The van der Waals surface area contributed by atoms with Gasteiger partial charge in [-0.1, -0.05) is 30.3 Å². The minimum absolute atomic E-state index is 0.00200. The number of hydrogen-bond acceptors (Lipinski definition) is 7. The number of carbonyl (C=O) groups is 2. The van der Waals surface area contributed by atoms with Crippen molar-refractivity contribution in [3.8, 4) is 0 Å². The highest BCUT2D eigenvalue weighted by atomic mass is 31.2. The average molecular weight is 347 g/mol. The summed E-state index contributed by atoms with van der Waals surface area (Å²) in [5.74, 6) is -0.863.